The fourth-order valence-corrected chi connectivity index (χ4v) is 2.20. The molecule has 0 aliphatic carbocycles. The van der Waals surface area contributed by atoms with E-state index in [-0.39, 0.29) is 11.8 Å². The Kier molecular flexibility index (Phi) is 3.32. The zero-order valence-corrected chi connectivity index (χ0v) is 10.8. The SMILES string of the molecule is CCC1C(=O)NC(C)C(=O)N1c1cncc(C)c1. The van der Waals surface area contributed by atoms with Crippen LogP contribution in [0.25, 0.3) is 0 Å². The fourth-order valence-electron chi connectivity index (χ4n) is 2.20. The summed E-state index contributed by atoms with van der Waals surface area (Å²) in [5.41, 5.74) is 1.65. The molecule has 5 heteroatoms. The molecule has 5 nitrogen and oxygen atoms in total. The van der Waals surface area contributed by atoms with Gasteiger partial charge in [-0.15, -0.1) is 0 Å². The third-order valence-corrected chi connectivity index (χ3v) is 3.11. The number of aryl methyl sites for hydroxylation is 1. The van der Waals surface area contributed by atoms with Crippen molar-refractivity contribution < 1.29 is 9.59 Å². The van der Waals surface area contributed by atoms with E-state index in [0.717, 1.165) is 5.56 Å². The minimum absolute atomic E-state index is 0.0890. The van der Waals surface area contributed by atoms with Crippen molar-refractivity contribution in [3.05, 3.63) is 24.0 Å². The number of nitrogens with zero attached hydrogens (tertiary/aromatic N) is 2. The Morgan fingerprint density at radius 3 is 2.72 bits per heavy atom. The summed E-state index contributed by atoms with van der Waals surface area (Å²) >= 11 is 0. The van der Waals surface area contributed by atoms with Gasteiger partial charge in [0.2, 0.25) is 11.8 Å². The summed E-state index contributed by atoms with van der Waals surface area (Å²) in [6.45, 7) is 5.50. The van der Waals surface area contributed by atoms with Crippen LogP contribution in [0.4, 0.5) is 5.69 Å². The van der Waals surface area contributed by atoms with Crippen LogP contribution in [-0.2, 0) is 9.59 Å². The van der Waals surface area contributed by atoms with Crippen molar-refractivity contribution >= 4 is 17.5 Å². The molecule has 1 saturated heterocycles. The number of rotatable bonds is 2. The monoisotopic (exact) mass is 247 g/mol. The number of hydrogen-bond donors (Lipinski definition) is 1. The number of carbonyl (C=O) groups excluding carboxylic acids is 2. The Morgan fingerprint density at radius 2 is 2.11 bits per heavy atom. The molecular formula is C13H17N3O2. The normalized spacial score (nSPS) is 24.1. The molecule has 1 aromatic heterocycles. The Balaban J connectivity index is 2.43. The summed E-state index contributed by atoms with van der Waals surface area (Å²) in [7, 11) is 0. The van der Waals surface area contributed by atoms with Crippen LogP contribution in [0.5, 0.6) is 0 Å². The van der Waals surface area contributed by atoms with E-state index in [2.05, 4.69) is 10.3 Å². The molecule has 1 fully saturated rings. The minimum atomic E-state index is -0.485. The average molecular weight is 247 g/mol. The number of amides is 2. The topological polar surface area (TPSA) is 62.3 Å². The number of nitrogens with one attached hydrogen (secondary N) is 1. The number of anilines is 1. The molecule has 0 bridgehead atoms. The van der Waals surface area contributed by atoms with E-state index in [9.17, 15) is 9.59 Å². The number of pyridine rings is 1. The summed E-state index contributed by atoms with van der Waals surface area (Å²) in [6.07, 6.45) is 3.93. The van der Waals surface area contributed by atoms with Crippen LogP contribution in [-0.4, -0.2) is 28.9 Å². The van der Waals surface area contributed by atoms with Gasteiger partial charge in [-0.05, 0) is 31.9 Å². The second kappa shape index (κ2) is 4.76. The second-order valence-corrected chi connectivity index (χ2v) is 4.58. The lowest BCUT2D eigenvalue weighted by Crippen LogP contribution is -2.62. The summed E-state index contributed by atoms with van der Waals surface area (Å²) in [4.78, 5) is 29.8. The van der Waals surface area contributed by atoms with Gasteiger partial charge in [0.05, 0.1) is 11.9 Å². The van der Waals surface area contributed by atoms with Gasteiger partial charge in [0.1, 0.15) is 12.1 Å². The lowest BCUT2D eigenvalue weighted by molar-refractivity contribution is -0.133. The van der Waals surface area contributed by atoms with Crippen LogP contribution in [0.15, 0.2) is 18.5 Å². The highest BCUT2D eigenvalue weighted by Crippen LogP contribution is 2.22. The van der Waals surface area contributed by atoms with E-state index >= 15 is 0 Å². The molecule has 2 atom stereocenters. The lowest BCUT2D eigenvalue weighted by Gasteiger charge is -2.37. The third-order valence-electron chi connectivity index (χ3n) is 3.11. The first-order chi connectivity index (χ1) is 8.54. The fraction of sp³-hybridized carbons (Fsp3) is 0.462. The molecule has 0 aromatic carbocycles. The molecule has 0 saturated carbocycles. The van der Waals surface area contributed by atoms with Gasteiger partial charge < -0.3 is 5.32 Å². The standard InChI is InChI=1S/C13H17N3O2/c1-4-11-12(17)15-9(3)13(18)16(11)10-5-8(2)6-14-7-10/h5-7,9,11H,4H2,1-3H3,(H,15,17). The summed E-state index contributed by atoms with van der Waals surface area (Å²) in [5, 5.41) is 2.69. The van der Waals surface area contributed by atoms with Gasteiger partial charge in [-0.1, -0.05) is 6.92 Å². The Morgan fingerprint density at radius 1 is 1.39 bits per heavy atom. The largest absolute Gasteiger partial charge is 0.343 e. The molecule has 1 aromatic rings. The van der Waals surface area contributed by atoms with Crippen LogP contribution >= 0.6 is 0 Å². The first kappa shape index (κ1) is 12.5. The molecule has 2 unspecified atom stereocenters. The van der Waals surface area contributed by atoms with Crippen molar-refractivity contribution in [3.8, 4) is 0 Å². The first-order valence-electron chi connectivity index (χ1n) is 6.09. The zero-order valence-electron chi connectivity index (χ0n) is 10.8. The molecule has 2 rings (SSSR count). The molecule has 2 amide bonds. The van der Waals surface area contributed by atoms with Gasteiger partial charge in [-0.3, -0.25) is 19.5 Å². The predicted molar refractivity (Wildman–Crippen MR) is 68.1 cm³/mol. The highest BCUT2D eigenvalue weighted by molar-refractivity contribution is 6.08. The minimum Gasteiger partial charge on any atom is -0.343 e. The molecule has 0 spiro atoms. The highest BCUT2D eigenvalue weighted by Gasteiger charge is 2.38. The molecule has 0 radical (unpaired) electrons. The van der Waals surface area contributed by atoms with E-state index in [1.54, 1.807) is 24.2 Å². The van der Waals surface area contributed by atoms with Crippen LogP contribution in [0.2, 0.25) is 0 Å². The number of aromatic nitrogens is 1. The smallest absolute Gasteiger partial charge is 0.250 e. The van der Waals surface area contributed by atoms with E-state index in [1.165, 1.54) is 0 Å². The van der Waals surface area contributed by atoms with E-state index < -0.39 is 12.1 Å². The Hall–Kier alpha value is -1.91. The van der Waals surface area contributed by atoms with Crippen molar-refractivity contribution in [1.82, 2.24) is 10.3 Å². The van der Waals surface area contributed by atoms with Gasteiger partial charge in [0.25, 0.3) is 0 Å². The van der Waals surface area contributed by atoms with Crippen LogP contribution in [0.3, 0.4) is 0 Å². The lowest BCUT2D eigenvalue weighted by atomic mass is 10.0. The number of carbonyl (C=O) groups is 2. The quantitative estimate of drug-likeness (QED) is 0.848. The van der Waals surface area contributed by atoms with E-state index in [4.69, 9.17) is 0 Å². The Labute approximate surface area is 106 Å². The van der Waals surface area contributed by atoms with Crippen molar-refractivity contribution in [2.45, 2.75) is 39.3 Å². The van der Waals surface area contributed by atoms with E-state index in [1.807, 2.05) is 19.9 Å². The maximum atomic E-state index is 12.2. The molecule has 18 heavy (non-hydrogen) atoms. The van der Waals surface area contributed by atoms with Gasteiger partial charge in [-0.25, -0.2) is 0 Å². The molecule has 1 aliphatic heterocycles. The molecule has 1 aliphatic rings. The summed E-state index contributed by atoms with van der Waals surface area (Å²) < 4.78 is 0. The maximum absolute atomic E-state index is 12.2. The van der Waals surface area contributed by atoms with Gasteiger partial charge in [0, 0.05) is 6.20 Å². The van der Waals surface area contributed by atoms with Gasteiger partial charge in [-0.2, -0.15) is 0 Å². The van der Waals surface area contributed by atoms with Crippen LogP contribution < -0.4 is 10.2 Å². The van der Waals surface area contributed by atoms with Crippen molar-refractivity contribution in [1.29, 1.82) is 0 Å². The van der Waals surface area contributed by atoms with Crippen molar-refractivity contribution in [2.75, 3.05) is 4.90 Å². The number of piperazine rings is 1. The molecule has 1 N–H and O–H groups in total. The van der Waals surface area contributed by atoms with Crippen LogP contribution in [0, 0.1) is 6.92 Å². The van der Waals surface area contributed by atoms with Crippen molar-refractivity contribution in [3.63, 3.8) is 0 Å². The number of hydrogen-bond acceptors (Lipinski definition) is 3. The maximum Gasteiger partial charge on any atom is 0.250 e. The second-order valence-electron chi connectivity index (χ2n) is 4.58. The summed E-state index contributed by atoms with van der Waals surface area (Å²) in [6, 6.07) is 0.942. The molecular weight excluding hydrogens is 230 g/mol. The van der Waals surface area contributed by atoms with E-state index in [0.29, 0.717) is 12.1 Å². The average Bonchev–Trinajstić information content (AvgIpc) is 2.33. The highest BCUT2D eigenvalue weighted by atomic mass is 16.2. The van der Waals surface area contributed by atoms with Gasteiger partial charge in [0.15, 0.2) is 0 Å². The molecule has 2 heterocycles. The molecule has 96 valence electrons. The first-order valence-corrected chi connectivity index (χ1v) is 6.09. The van der Waals surface area contributed by atoms with Gasteiger partial charge >= 0.3 is 0 Å². The van der Waals surface area contributed by atoms with Crippen LogP contribution in [0.1, 0.15) is 25.8 Å². The summed E-state index contributed by atoms with van der Waals surface area (Å²) in [5.74, 6) is -0.194. The third kappa shape index (κ3) is 2.08. The zero-order chi connectivity index (χ0) is 13.3. The predicted octanol–water partition coefficient (Wildman–Crippen LogP) is 1.02. The Bertz CT molecular complexity index is 487. The van der Waals surface area contributed by atoms with Crippen molar-refractivity contribution in [2.24, 2.45) is 0 Å².